The van der Waals surface area contributed by atoms with Gasteiger partial charge in [-0.2, -0.15) is 0 Å². The molecule has 5 nitrogen and oxygen atoms in total. The molecule has 174 valence electrons. The van der Waals surface area contributed by atoms with Gasteiger partial charge in [-0.15, -0.1) is 0 Å². The van der Waals surface area contributed by atoms with Crippen LogP contribution in [-0.2, 0) is 11.8 Å². The molecule has 8 heteroatoms. The van der Waals surface area contributed by atoms with Crippen LogP contribution in [0.2, 0.25) is 0 Å². The maximum absolute atomic E-state index is 14.2. The normalized spacial score (nSPS) is 33.2. The number of fused-ring (bicyclic) bond motifs is 1. The Morgan fingerprint density at radius 3 is 2.62 bits per heavy atom. The second-order valence-electron chi connectivity index (χ2n) is 9.54. The molecular formula is C24H30F3N3O2. The zero-order valence-electron chi connectivity index (χ0n) is 18.7. The number of carbonyl (C=O) groups is 1. The SMILES string of the molecule is Cc1cc2c(cn1)cc(C1CC(C(=O)NC3CCC(F)C(F)C3F)CCC1C)c(=O)n2C. The van der Waals surface area contributed by atoms with Crippen molar-refractivity contribution in [1.29, 1.82) is 0 Å². The largest absolute Gasteiger partial charge is 0.350 e. The molecular weight excluding hydrogens is 419 g/mol. The second-order valence-corrected chi connectivity index (χ2v) is 9.54. The van der Waals surface area contributed by atoms with Crippen LogP contribution in [0, 0.1) is 18.8 Å². The third-order valence-electron chi connectivity index (χ3n) is 7.35. The minimum Gasteiger partial charge on any atom is -0.350 e. The molecule has 2 aromatic rings. The number of nitrogens with one attached hydrogen (secondary N) is 1. The molecule has 0 aliphatic heterocycles. The monoisotopic (exact) mass is 449 g/mol. The fraction of sp³-hybridized carbons (Fsp3) is 0.625. The van der Waals surface area contributed by atoms with Gasteiger partial charge in [0.15, 0.2) is 12.3 Å². The first-order valence-electron chi connectivity index (χ1n) is 11.4. The lowest BCUT2D eigenvalue weighted by Gasteiger charge is -2.36. The molecule has 2 heterocycles. The average Bonchev–Trinajstić information content (AvgIpc) is 2.77. The highest BCUT2D eigenvalue weighted by Crippen LogP contribution is 2.40. The van der Waals surface area contributed by atoms with Gasteiger partial charge in [-0.3, -0.25) is 14.6 Å². The van der Waals surface area contributed by atoms with E-state index in [1.807, 2.05) is 19.1 Å². The van der Waals surface area contributed by atoms with Crippen molar-refractivity contribution in [3.8, 4) is 0 Å². The summed E-state index contributed by atoms with van der Waals surface area (Å²) < 4.78 is 43.0. The van der Waals surface area contributed by atoms with E-state index in [9.17, 15) is 22.8 Å². The minimum atomic E-state index is -2.20. The van der Waals surface area contributed by atoms with Gasteiger partial charge in [0.1, 0.15) is 6.17 Å². The minimum absolute atomic E-state index is 0.0820. The van der Waals surface area contributed by atoms with E-state index in [0.717, 1.165) is 23.0 Å². The number of alkyl halides is 3. The lowest BCUT2D eigenvalue weighted by atomic mass is 9.71. The van der Waals surface area contributed by atoms with E-state index < -0.39 is 30.5 Å². The summed E-state index contributed by atoms with van der Waals surface area (Å²) in [4.78, 5) is 30.4. The number of hydrogen-bond donors (Lipinski definition) is 1. The van der Waals surface area contributed by atoms with Crippen LogP contribution in [0.1, 0.15) is 56.2 Å². The van der Waals surface area contributed by atoms with Crippen LogP contribution in [0.15, 0.2) is 23.1 Å². The molecule has 2 aliphatic rings. The van der Waals surface area contributed by atoms with Crippen LogP contribution in [0.25, 0.3) is 10.9 Å². The van der Waals surface area contributed by atoms with Crippen molar-refractivity contribution in [1.82, 2.24) is 14.9 Å². The molecule has 0 aromatic carbocycles. The standard InChI is InChI=1S/C24H30F3N3O2/c1-12-4-5-14(23(31)29-19-7-6-18(25)21(26)22(19)27)9-16(12)17-10-15-11-28-13(2)8-20(15)30(3)24(17)32/h8,10-12,14,16,18-19,21-22H,4-7,9H2,1-3H3,(H,29,31). The number of halogens is 3. The molecule has 1 amide bonds. The molecule has 32 heavy (non-hydrogen) atoms. The molecule has 0 spiro atoms. The molecule has 7 unspecified atom stereocenters. The van der Waals surface area contributed by atoms with Crippen molar-refractivity contribution in [2.45, 2.75) is 76.4 Å². The first-order chi connectivity index (χ1) is 15.2. The number of aryl methyl sites for hydroxylation is 2. The van der Waals surface area contributed by atoms with Gasteiger partial charge >= 0.3 is 0 Å². The highest BCUT2D eigenvalue weighted by Gasteiger charge is 2.42. The fourth-order valence-electron chi connectivity index (χ4n) is 5.28. The van der Waals surface area contributed by atoms with Crippen LogP contribution >= 0.6 is 0 Å². The molecule has 4 rings (SSSR count). The molecule has 2 fully saturated rings. The zero-order valence-corrected chi connectivity index (χ0v) is 18.7. The van der Waals surface area contributed by atoms with Gasteiger partial charge in [0.25, 0.3) is 5.56 Å². The Morgan fingerprint density at radius 2 is 1.88 bits per heavy atom. The number of pyridine rings is 2. The van der Waals surface area contributed by atoms with E-state index in [2.05, 4.69) is 17.2 Å². The number of nitrogens with zero attached hydrogens (tertiary/aromatic N) is 2. The molecule has 0 radical (unpaired) electrons. The van der Waals surface area contributed by atoms with E-state index in [-0.39, 0.29) is 36.1 Å². The third kappa shape index (κ3) is 4.16. The van der Waals surface area contributed by atoms with Gasteiger partial charge in [0.05, 0.1) is 11.6 Å². The van der Waals surface area contributed by atoms with Crippen LogP contribution in [0.3, 0.4) is 0 Å². The van der Waals surface area contributed by atoms with E-state index in [1.54, 1.807) is 17.8 Å². The van der Waals surface area contributed by atoms with Crippen molar-refractivity contribution in [2.24, 2.45) is 18.9 Å². The Morgan fingerprint density at radius 1 is 1.12 bits per heavy atom. The second kappa shape index (κ2) is 8.87. The van der Waals surface area contributed by atoms with Crippen molar-refractivity contribution in [2.75, 3.05) is 0 Å². The average molecular weight is 450 g/mol. The quantitative estimate of drug-likeness (QED) is 0.769. The number of amides is 1. The highest BCUT2D eigenvalue weighted by atomic mass is 19.2. The summed E-state index contributed by atoms with van der Waals surface area (Å²) >= 11 is 0. The van der Waals surface area contributed by atoms with Crippen molar-refractivity contribution in [3.05, 3.63) is 39.9 Å². The lowest BCUT2D eigenvalue weighted by molar-refractivity contribution is -0.128. The van der Waals surface area contributed by atoms with Crippen molar-refractivity contribution >= 4 is 16.8 Å². The molecule has 7 atom stereocenters. The summed E-state index contributed by atoms with van der Waals surface area (Å²) in [6.45, 7) is 3.95. The van der Waals surface area contributed by atoms with Crippen LogP contribution < -0.4 is 10.9 Å². The number of carbonyl (C=O) groups excluding carboxylic acids is 1. The Labute approximate surface area is 185 Å². The summed E-state index contributed by atoms with van der Waals surface area (Å²) in [5, 5.41) is 3.49. The summed E-state index contributed by atoms with van der Waals surface area (Å²) in [6.07, 6.45) is -2.50. The molecule has 2 aliphatic carbocycles. The Kier molecular flexibility index (Phi) is 6.32. The number of hydrogen-bond acceptors (Lipinski definition) is 3. The molecule has 0 bridgehead atoms. The topological polar surface area (TPSA) is 64.0 Å². The first kappa shape index (κ1) is 22.8. The van der Waals surface area contributed by atoms with E-state index in [4.69, 9.17) is 0 Å². The van der Waals surface area contributed by atoms with Crippen LogP contribution in [0.5, 0.6) is 0 Å². The smallest absolute Gasteiger partial charge is 0.254 e. The van der Waals surface area contributed by atoms with E-state index in [0.29, 0.717) is 18.4 Å². The van der Waals surface area contributed by atoms with Gasteiger partial charge in [-0.05, 0) is 63.0 Å². The van der Waals surface area contributed by atoms with E-state index >= 15 is 0 Å². The number of rotatable bonds is 3. The Bertz CT molecular complexity index is 1070. The maximum atomic E-state index is 14.2. The highest BCUT2D eigenvalue weighted by molar-refractivity contribution is 5.80. The van der Waals surface area contributed by atoms with Gasteiger partial charge in [0.2, 0.25) is 5.91 Å². The summed E-state index contributed by atoms with van der Waals surface area (Å²) in [5.74, 6) is -0.663. The van der Waals surface area contributed by atoms with Gasteiger partial charge in [0, 0.05) is 35.8 Å². The summed E-state index contributed by atoms with van der Waals surface area (Å²) in [6, 6.07) is 2.74. The van der Waals surface area contributed by atoms with Crippen LogP contribution in [-0.4, -0.2) is 40.0 Å². The Hall–Kier alpha value is -2.38. The predicted molar refractivity (Wildman–Crippen MR) is 117 cm³/mol. The fourth-order valence-corrected chi connectivity index (χ4v) is 5.28. The van der Waals surface area contributed by atoms with Gasteiger partial charge in [-0.1, -0.05) is 6.92 Å². The number of aromatic nitrogens is 2. The zero-order chi connectivity index (χ0) is 23.2. The van der Waals surface area contributed by atoms with Crippen LogP contribution in [0.4, 0.5) is 13.2 Å². The molecule has 2 aromatic heterocycles. The summed E-state index contributed by atoms with van der Waals surface area (Å²) in [7, 11) is 1.74. The lowest BCUT2D eigenvalue weighted by Crippen LogP contribution is -2.53. The van der Waals surface area contributed by atoms with Gasteiger partial charge in [-0.25, -0.2) is 13.2 Å². The predicted octanol–water partition coefficient (Wildman–Crippen LogP) is 4.05. The third-order valence-corrected chi connectivity index (χ3v) is 7.35. The van der Waals surface area contributed by atoms with Gasteiger partial charge < -0.3 is 9.88 Å². The van der Waals surface area contributed by atoms with E-state index in [1.165, 1.54) is 0 Å². The van der Waals surface area contributed by atoms with Crippen molar-refractivity contribution in [3.63, 3.8) is 0 Å². The maximum Gasteiger partial charge on any atom is 0.254 e. The summed E-state index contributed by atoms with van der Waals surface area (Å²) in [5.41, 5.74) is 2.20. The molecule has 0 saturated heterocycles. The molecule has 2 saturated carbocycles. The van der Waals surface area contributed by atoms with Crippen molar-refractivity contribution < 1.29 is 18.0 Å². The first-order valence-corrected chi connectivity index (χ1v) is 11.4. The molecule has 1 N–H and O–H groups in total. The Balaban J connectivity index is 1.55.